The summed E-state index contributed by atoms with van der Waals surface area (Å²) in [6, 6.07) is 0.624. The van der Waals surface area contributed by atoms with E-state index in [0.717, 1.165) is 6.61 Å². The van der Waals surface area contributed by atoms with Gasteiger partial charge in [-0.05, 0) is 50.6 Å². The molecule has 0 bridgehead atoms. The molecule has 2 atom stereocenters. The van der Waals surface area contributed by atoms with E-state index in [0.29, 0.717) is 11.5 Å². The van der Waals surface area contributed by atoms with Crippen LogP contribution < -0.4 is 5.32 Å². The average molecular weight is 240 g/mol. The van der Waals surface area contributed by atoms with Gasteiger partial charge >= 0.3 is 0 Å². The average Bonchev–Trinajstić information content (AvgIpc) is 2.37. The van der Waals surface area contributed by atoms with Crippen molar-refractivity contribution in [1.29, 1.82) is 0 Å². The summed E-state index contributed by atoms with van der Waals surface area (Å²) in [5.74, 6) is 0. The van der Waals surface area contributed by atoms with Crippen LogP contribution in [-0.2, 0) is 4.74 Å². The molecule has 2 aliphatic heterocycles. The van der Waals surface area contributed by atoms with E-state index >= 15 is 0 Å². The predicted octanol–water partition coefficient (Wildman–Crippen LogP) is 1.88. The maximum atomic E-state index is 5.37. The second kappa shape index (κ2) is 6.17. The molecule has 0 aromatic heterocycles. The Kier molecular flexibility index (Phi) is 4.83. The van der Waals surface area contributed by atoms with Crippen molar-refractivity contribution >= 4 is 0 Å². The monoisotopic (exact) mass is 240 g/mol. The second-order valence-corrected chi connectivity index (χ2v) is 5.87. The summed E-state index contributed by atoms with van der Waals surface area (Å²) in [6.45, 7) is 8.17. The van der Waals surface area contributed by atoms with Gasteiger partial charge in [0.2, 0.25) is 0 Å². The minimum absolute atomic E-state index is 0.567. The van der Waals surface area contributed by atoms with Gasteiger partial charge in [0.15, 0.2) is 0 Å². The third-order valence-electron chi connectivity index (χ3n) is 4.60. The number of methoxy groups -OCH3 is 1. The van der Waals surface area contributed by atoms with Crippen LogP contribution in [0.2, 0.25) is 0 Å². The molecule has 0 aromatic rings. The molecule has 0 aliphatic carbocycles. The van der Waals surface area contributed by atoms with Crippen molar-refractivity contribution in [3.8, 4) is 0 Å². The van der Waals surface area contributed by atoms with Crippen LogP contribution in [0.1, 0.15) is 39.0 Å². The predicted molar refractivity (Wildman–Crippen MR) is 71.3 cm³/mol. The van der Waals surface area contributed by atoms with Crippen molar-refractivity contribution in [1.82, 2.24) is 10.2 Å². The Hall–Kier alpha value is -0.120. The highest BCUT2D eigenvalue weighted by molar-refractivity contribution is 4.93. The Labute approximate surface area is 106 Å². The van der Waals surface area contributed by atoms with E-state index < -0.39 is 0 Å². The number of hydrogen-bond acceptors (Lipinski definition) is 3. The Morgan fingerprint density at radius 3 is 2.82 bits per heavy atom. The number of rotatable bonds is 4. The minimum atomic E-state index is 0.567. The number of piperidine rings is 2. The van der Waals surface area contributed by atoms with Gasteiger partial charge in [0, 0.05) is 26.2 Å². The smallest absolute Gasteiger partial charge is 0.0617 e. The zero-order valence-corrected chi connectivity index (χ0v) is 11.5. The largest absolute Gasteiger partial charge is 0.383 e. The standard InChI is InChI=1S/C14H28N2O/c1-3-13(10-17-2)16-9-5-7-14(12-16)6-4-8-15-11-14/h13,15H,3-12H2,1-2H3. The molecule has 2 saturated heterocycles. The third kappa shape index (κ3) is 3.21. The van der Waals surface area contributed by atoms with Gasteiger partial charge in [-0.2, -0.15) is 0 Å². The summed E-state index contributed by atoms with van der Waals surface area (Å²) >= 11 is 0. The molecule has 3 nitrogen and oxygen atoms in total. The minimum Gasteiger partial charge on any atom is -0.383 e. The fourth-order valence-corrected chi connectivity index (χ4v) is 3.61. The van der Waals surface area contributed by atoms with E-state index in [9.17, 15) is 0 Å². The molecule has 2 unspecified atom stereocenters. The van der Waals surface area contributed by atoms with Crippen molar-refractivity contribution in [2.24, 2.45) is 5.41 Å². The summed E-state index contributed by atoms with van der Waals surface area (Å²) in [5.41, 5.74) is 0.567. The summed E-state index contributed by atoms with van der Waals surface area (Å²) in [7, 11) is 1.82. The van der Waals surface area contributed by atoms with E-state index in [1.54, 1.807) is 0 Å². The lowest BCUT2D eigenvalue weighted by atomic mass is 9.74. The molecule has 2 aliphatic rings. The first-order chi connectivity index (χ1) is 8.29. The summed E-state index contributed by atoms with van der Waals surface area (Å²) < 4.78 is 5.37. The van der Waals surface area contributed by atoms with Crippen molar-refractivity contribution in [3.63, 3.8) is 0 Å². The van der Waals surface area contributed by atoms with Crippen LogP contribution in [-0.4, -0.2) is 50.8 Å². The molecule has 100 valence electrons. The number of likely N-dealkylation sites (tertiary alicyclic amines) is 1. The van der Waals surface area contributed by atoms with Crippen molar-refractivity contribution < 1.29 is 4.74 Å². The van der Waals surface area contributed by atoms with Gasteiger partial charge in [-0.1, -0.05) is 6.92 Å². The van der Waals surface area contributed by atoms with E-state index in [2.05, 4.69) is 17.1 Å². The Morgan fingerprint density at radius 1 is 1.35 bits per heavy atom. The molecule has 0 amide bonds. The summed E-state index contributed by atoms with van der Waals surface area (Å²) in [6.07, 6.45) is 6.76. The van der Waals surface area contributed by atoms with Gasteiger partial charge in [-0.25, -0.2) is 0 Å². The fraction of sp³-hybridized carbons (Fsp3) is 1.00. The first-order valence-electron chi connectivity index (χ1n) is 7.23. The molecule has 2 heterocycles. The number of ether oxygens (including phenoxy) is 1. The molecule has 1 spiro atoms. The lowest BCUT2D eigenvalue weighted by molar-refractivity contribution is 0.00935. The van der Waals surface area contributed by atoms with Crippen LogP contribution in [0.4, 0.5) is 0 Å². The SMILES string of the molecule is CCC(COC)N1CCCC2(CCCNC2)C1. The number of nitrogens with one attached hydrogen (secondary N) is 1. The third-order valence-corrected chi connectivity index (χ3v) is 4.60. The molecule has 3 heteroatoms. The highest BCUT2D eigenvalue weighted by Crippen LogP contribution is 2.36. The zero-order valence-electron chi connectivity index (χ0n) is 11.5. The molecule has 0 radical (unpaired) electrons. The van der Waals surface area contributed by atoms with E-state index in [1.165, 1.54) is 58.3 Å². The van der Waals surface area contributed by atoms with E-state index in [1.807, 2.05) is 7.11 Å². The van der Waals surface area contributed by atoms with Gasteiger partial charge in [0.05, 0.1) is 6.61 Å². The fourth-order valence-electron chi connectivity index (χ4n) is 3.61. The maximum absolute atomic E-state index is 5.37. The lowest BCUT2D eigenvalue weighted by Crippen LogP contribution is -2.54. The number of nitrogens with zero attached hydrogens (tertiary/aromatic N) is 1. The van der Waals surface area contributed by atoms with Crippen LogP contribution >= 0.6 is 0 Å². The van der Waals surface area contributed by atoms with Gasteiger partial charge in [-0.3, -0.25) is 4.90 Å². The van der Waals surface area contributed by atoms with Crippen LogP contribution in [0.15, 0.2) is 0 Å². The highest BCUT2D eigenvalue weighted by atomic mass is 16.5. The molecule has 17 heavy (non-hydrogen) atoms. The lowest BCUT2D eigenvalue weighted by Gasteiger charge is -2.47. The van der Waals surface area contributed by atoms with E-state index in [4.69, 9.17) is 4.74 Å². The van der Waals surface area contributed by atoms with Gasteiger partial charge in [-0.15, -0.1) is 0 Å². The second-order valence-electron chi connectivity index (χ2n) is 5.87. The van der Waals surface area contributed by atoms with E-state index in [-0.39, 0.29) is 0 Å². The van der Waals surface area contributed by atoms with Gasteiger partial charge < -0.3 is 10.1 Å². The molecule has 1 N–H and O–H groups in total. The Bertz CT molecular complexity index is 221. The van der Waals surface area contributed by atoms with Gasteiger partial charge in [0.1, 0.15) is 0 Å². The van der Waals surface area contributed by atoms with Crippen molar-refractivity contribution in [3.05, 3.63) is 0 Å². The van der Waals surface area contributed by atoms with Crippen LogP contribution in [0.3, 0.4) is 0 Å². The first kappa shape index (κ1) is 13.3. The molecule has 2 fully saturated rings. The van der Waals surface area contributed by atoms with Crippen molar-refractivity contribution in [2.75, 3.05) is 39.9 Å². The Balaban J connectivity index is 1.95. The first-order valence-corrected chi connectivity index (χ1v) is 7.23. The molecule has 0 saturated carbocycles. The quantitative estimate of drug-likeness (QED) is 0.812. The summed E-state index contributed by atoms with van der Waals surface area (Å²) in [5, 5.41) is 3.60. The summed E-state index contributed by atoms with van der Waals surface area (Å²) in [4.78, 5) is 2.68. The van der Waals surface area contributed by atoms with Crippen LogP contribution in [0.25, 0.3) is 0 Å². The molecular formula is C14H28N2O. The molecular weight excluding hydrogens is 212 g/mol. The van der Waals surface area contributed by atoms with Crippen LogP contribution in [0, 0.1) is 5.41 Å². The topological polar surface area (TPSA) is 24.5 Å². The van der Waals surface area contributed by atoms with Gasteiger partial charge in [0.25, 0.3) is 0 Å². The normalized spacial score (nSPS) is 32.8. The van der Waals surface area contributed by atoms with Crippen LogP contribution in [0.5, 0.6) is 0 Å². The number of hydrogen-bond donors (Lipinski definition) is 1. The zero-order chi connectivity index (χ0) is 12.1. The molecule has 2 rings (SSSR count). The highest BCUT2D eigenvalue weighted by Gasteiger charge is 2.37. The molecule has 0 aromatic carbocycles. The Morgan fingerprint density at radius 2 is 2.18 bits per heavy atom. The maximum Gasteiger partial charge on any atom is 0.0617 e. The van der Waals surface area contributed by atoms with Crippen molar-refractivity contribution in [2.45, 2.75) is 45.1 Å².